The number of hydrogen-bond donors (Lipinski definition) is 3. The quantitative estimate of drug-likeness (QED) is 0.316. The number of nitrogens with one attached hydrogen (secondary N) is 1. The molecule has 0 saturated carbocycles. The zero-order valence-electron chi connectivity index (χ0n) is 16.8. The summed E-state index contributed by atoms with van der Waals surface area (Å²) in [6, 6.07) is 12.5. The van der Waals surface area contributed by atoms with Crippen LogP contribution in [0.15, 0.2) is 48.5 Å². The van der Waals surface area contributed by atoms with Crippen LogP contribution in [0.5, 0.6) is 5.75 Å². The first kappa shape index (κ1) is 22.4. The molecule has 9 nitrogen and oxygen atoms in total. The van der Waals surface area contributed by atoms with E-state index in [9.17, 15) is 18.0 Å². The summed E-state index contributed by atoms with van der Waals surface area (Å²) in [7, 11) is -3.83. The van der Waals surface area contributed by atoms with E-state index in [-0.39, 0.29) is 18.9 Å². The Balaban J connectivity index is 1.82. The summed E-state index contributed by atoms with van der Waals surface area (Å²) in [4.78, 5) is 23.0. The van der Waals surface area contributed by atoms with Crippen LogP contribution in [-0.2, 0) is 19.6 Å². The largest absolute Gasteiger partial charge is 0.492 e. The number of hydrogen-bond acceptors (Lipinski definition) is 6. The zero-order valence-corrected chi connectivity index (χ0v) is 17.6. The second-order valence-corrected chi connectivity index (χ2v) is 9.20. The molecule has 2 aromatic carbocycles. The molecule has 1 heterocycles. The molecule has 0 radical (unpaired) electrons. The van der Waals surface area contributed by atoms with Crippen molar-refractivity contribution >= 4 is 27.6 Å². The van der Waals surface area contributed by atoms with Gasteiger partial charge in [0.25, 0.3) is 5.78 Å². The van der Waals surface area contributed by atoms with Crippen LogP contribution < -0.4 is 10.5 Å². The van der Waals surface area contributed by atoms with E-state index in [2.05, 4.69) is 0 Å². The van der Waals surface area contributed by atoms with Gasteiger partial charge in [0, 0.05) is 5.56 Å². The standard InChI is InChI=1S/C21H23N3O6S/c1-31(28,29)24-14(7-10-18(24)19(25)21(26)27)12-30-15-8-9-16(17(11-15)20(22)23)13-5-3-2-4-6-13/h2-6,8-9,11,14,18H,7,10,12H2,1H3,(H3,22,23)(H,26,27)/t14-,18-/m0/s1. The first-order chi connectivity index (χ1) is 14.6. The molecule has 4 N–H and O–H groups in total. The van der Waals surface area contributed by atoms with Gasteiger partial charge in [0.05, 0.1) is 18.3 Å². The SMILES string of the molecule is CS(=O)(=O)N1[C@H](COc2ccc(-c3ccccc3)c(C(=N)N)c2)CC[C@H]1C(=O)C(=O)O. The maximum Gasteiger partial charge on any atom is 0.373 e. The molecule has 2 atom stereocenters. The molecule has 0 amide bonds. The summed E-state index contributed by atoms with van der Waals surface area (Å²) in [6.07, 6.45) is 1.34. The predicted octanol–water partition coefficient (Wildman–Crippen LogP) is 1.46. The monoisotopic (exact) mass is 445 g/mol. The van der Waals surface area contributed by atoms with E-state index in [4.69, 9.17) is 21.0 Å². The van der Waals surface area contributed by atoms with E-state index in [0.29, 0.717) is 17.7 Å². The Bertz CT molecular complexity index is 1120. The van der Waals surface area contributed by atoms with Crippen LogP contribution >= 0.6 is 0 Å². The fourth-order valence-corrected chi connectivity index (χ4v) is 5.18. The van der Waals surface area contributed by atoms with Crippen molar-refractivity contribution in [3.63, 3.8) is 0 Å². The lowest BCUT2D eigenvalue weighted by Crippen LogP contribution is -2.48. The number of carbonyl (C=O) groups excluding carboxylic acids is 1. The summed E-state index contributed by atoms with van der Waals surface area (Å²) in [6.45, 7) is -0.0709. The maximum absolute atomic E-state index is 12.2. The van der Waals surface area contributed by atoms with E-state index in [1.807, 2.05) is 30.3 Å². The molecule has 1 aliphatic heterocycles. The Hall–Kier alpha value is -3.24. The molecule has 0 aliphatic carbocycles. The number of nitrogen functional groups attached to an aromatic ring is 1. The molecule has 1 aliphatic rings. The Morgan fingerprint density at radius 2 is 1.87 bits per heavy atom. The van der Waals surface area contributed by atoms with Crippen LogP contribution in [0.2, 0.25) is 0 Å². The fourth-order valence-electron chi connectivity index (χ4n) is 3.80. The summed E-state index contributed by atoms with van der Waals surface area (Å²) >= 11 is 0. The van der Waals surface area contributed by atoms with Gasteiger partial charge in [-0.1, -0.05) is 30.3 Å². The topological polar surface area (TPSA) is 151 Å². The Morgan fingerprint density at radius 3 is 2.45 bits per heavy atom. The van der Waals surface area contributed by atoms with E-state index >= 15 is 0 Å². The smallest absolute Gasteiger partial charge is 0.373 e. The molecule has 0 aromatic heterocycles. The molecule has 3 rings (SSSR count). The van der Waals surface area contributed by atoms with Crippen LogP contribution in [0, 0.1) is 5.41 Å². The Kier molecular flexibility index (Phi) is 6.42. The summed E-state index contributed by atoms with van der Waals surface area (Å²) in [5, 5.41) is 16.9. The third kappa shape index (κ3) is 4.92. The number of carboxylic acids is 1. The van der Waals surface area contributed by atoms with Gasteiger partial charge in [-0.05, 0) is 42.2 Å². The molecular formula is C21H23N3O6S. The number of amidine groups is 1. The number of sulfonamides is 1. The van der Waals surface area contributed by atoms with E-state index in [0.717, 1.165) is 21.7 Å². The highest BCUT2D eigenvalue weighted by Gasteiger charge is 2.45. The molecule has 0 bridgehead atoms. The summed E-state index contributed by atoms with van der Waals surface area (Å²) in [5.74, 6) is -2.58. The highest BCUT2D eigenvalue weighted by molar-refractivity contribution is 7.88. The lowest BCUT2D eigenvalue weighted by atomic mass is 9.99. The summed E-state index contributed by atoms with van der Waals surface area (Å²) in [5.41, 5.74) is 7.85. The highest BCUT2D eigenvalue weighted by atomic mass is 32.2. The molecule has 0 spiro atoms. The number of aliphatic carboxylic acids is 1. The van der Waals surface area contributed by atoms with Crippen LogP contribution in [0.25, 0.3) is 11.1 Å². The molecule has 1 fully saturated rings. The van der Waals surface area contributed by atoms with Crippen molar-refractivity contribution in [3.8, 4) is 16.9 Å². The van der Waals surface area contributed by atoms with Crippen LogP contribution in [-0.4, -0.2) is 60.4 Å². The van der Waals surface area contributed by atoms with Crippen molar-refractivity contribution in [3.05, 3.63) is 54.1 Å². The minimum atomic E-state index is -3.83. The van der Waals surface area contributed by atoms with E-state index in [1.165, 1.54) is 0 Å². The van der Waals surface area contributed by atoms with Gasteiger partial charge < -0.3 is 15.6 Å². The van der Waals surface area contributed by atoms with Gasteiger partial charge in [-0.25, -0.2) is 13.2 Å². The maximum atomic E-state index is 12.2. The minimum Gasteiger partial charge on any atom is -0.492 e. The van der Waals surface area contributed by atoms with Crippen molar-refractivity contribution in [2.75, 3.05) is 12.9 Å². The number of rotatable bonds is 8. The molecule has 31 heavy (non-hydrogen) atoms. The number of ketones is 1. The van der Waals surface area contributed by atoms with E-state index < -0.39 is 33.9 Å². The van der Waals surface area contributed by atoms with Crippen LogP contribution in [0.1, 0.15) is 18.4 Å². The lowest BCUT2D eigenvalue weighted by Gasteiger charge is -2.26. The lowest BCUT2D eigenvalue weighted by molar-refractivity contribution is -0.150. The average Bonchev–Trinajstić information content (AvgIpc) is 3.16. The third-order valence-corrected chi connectivity index (χ3v) is 6.46. The second-order valence-electron chi connectivity index (χ2n) is 7.31. The number of carboxylic acid groups (broad SMARTS) is 1. The number of Topliss-reactive ketones (excluding diaryl/α,β-unsaturated/α-hetero) is 1. The van der Waals surface area contributed by atoms with Gasteiger partial charge in [0.15, 0.2) is 0 Å². The molecule has 10 heteroatoms. The zero-order chi connectivity index (χ0) is 22.8. The molecule has 164 valence electrons. The fraction of sp³-hybridized carbons (Fsp3) is 0.286. The van der Waals surface area contributed by atoms with E-state index in [1.54, 1.807) is 18.2 Å². The molecule has 0 unspecified atom stereocenters. The molecule has 2 aromatic rings. The normalized spacial score (nSPS) is 19.1. The van der Waals surface area contributed by atoms with Crippen molar-refractivity contribution in [1.29, 1.82) is 5.41 Å². The first-order valence-corrected chi connectivity index (χ1v) is 11.4. The average molecular weight is 445 g/mol. The van der Waals surface area contributed by atoms with Crippen molar-refractivity contribution in [2.24, 2.45) is 5.73 Å². The second kappa shape index (κ2) is 8.86. The van der Waals surface area contributed by atoms with Gasteiger partial charge >= 0.3 is 5.97 Å². The summed E-state index contributed by atoms with van der Waals surface area (Å²) < 4.78 is 31.1. The van der Waals surface area contributed by atoms with Crippen molar-refractivity contribution in [1.82, 2.24) is 4.31 Å². The number of nitrogens with zero attached hydrogens (tertiary/aromatic N) is 1. The number of ether oxygens (including phenoxy) is 1. The number of benzene rings is 2. The third-order valence-electron chi connectivity index (χ3n) is 5.15. The van der Waals surface area contributed by atoms with Gasteiger partial charge in [0.2, 0.25) is 10.0 Å². The minimum absolute atomic E-state index is 0.0709. The van der Waals surface area contributed by atoms with Crippen LogP contribution in [0.4, 0.5) is 0 Å². The molecule has 1 saturated heterocycles. The Morgan fingerprint density at radius 1 is 1.19 bits per heavy atom. The molecular weight excluding hydrogens is 422 g/mol. The van der Waals surface area contributed by atoms with Gasteiger partial charge in [-0.3, -0.25) is 10.2 Å². The van der Waals surface area contributed by atoms with Crippen LogP contribution in [0.3, 0.4) is 0 Å². The van der Waals surface area contributed by atoms with Gasteiger partial charge in [-0.2, -0.15) is 4.31 Å². The number of carbonyl (C=O) groups is 2. The van der Waals surface area contributed by atoms with Crippen molar-refractivity contribution in [2.45, 2.75) is 24.9 Å². The first-order valence-electron chi connectivity index (χ1n) is 9.52. The van der Waals surface area contributed by atoms with Gasteiger partial charge in [-0.15, -0.1) is 0 Å². The van der Waals surface area contributed by atoms with Crippen molar-refractivity contribution < 1.29 is 27.9 Å². The number of nitrogens with two attached hydrogens (primary N) is 1. The Labute approximate surface area is 180 Å². The van der Waals surface area contributed by atoms with Gasteiger partial charge in [0.1, 0.15) is 18.2 Å². The highest BCUT2D eigenvalue weighted by Crippen LogP contribution is 2.30. The predicted molar refractivity (Wildman–Crippen MR) is 115 cm³/mol.